The molecule has 2 rings (SSSR count). The van der Waals surface area contributed by atoms with Gasteiger partial charge in [0.15, 0.2) is 18.1 Å². The Kier molecular flexibility index (Phi) is 9.81. The van der Waals surface area contributed by atoms with Gasteiger partial charge in [0.05, 0.1) is 6.61 Å². The second-order valence-corrected chi connectivity index (χ2v) is 8.33. The number of halogens is 1. The van der Waals surface area contributed by atoms with E-state index in [2.05, 4.69) is 10.6 Å². The lowest BCUT2D eigenvalue weighted by Crippen LogP contribution is -2.37. The molecule has 174 valence electrons. The number of carbonyl (C=O) groups excluding carboxylic acids is 1. The third-order valence-corrected chi connectivity index (χ3v) is 5.00. The smallest absolute Gasteiger partial charge is 0.320 e. The summed E-state index contributed by atoms with van der Waals surface area (Å²) in [6, 6.07) is 10.1. The highest BCUT2D eigenvalue weighted by Crippen LogP contribution is 2.34. The van der Waals surface area contributed by atoms with E-state index < -0.39 is 12.0 Å². The Labute approximate surface area is 194 Å². The van der Waals surface area contributed by atoms with Gasteiger partial charge in [0.25, 0.3) is 5.91 Å². The van der Waals surface area contributed by atoms with Crippen molar-refractivity contribution in [2.24, 2.45) is 5.92 Å². The van der Waals surface area contributed by atoms with Gasteiger partial charge in [0, 0.05) is 23.3 Å². The second-order valence-electron chi connectivity index (χ2n) is 7.93. The van der Waals surface area contributed by atoms with E-state index in [-0.39, 0.29) is 25.0 Å². The number of amides is 1. The van der Waals surface area contributed by atoms with Crippen LogP contribution >= 0.6 is 11.6 Å². The number of aryl methyl sites for hydroxylation is 1. The lowest BCUT2D eigenvalue weighted by atomic mass is 10.0. The molecule has 8 heteroatoms. The minimum absolute atomic E-state index is 0.211. The van der Waals surface area contributed by atoms with Crippen molar-refractivity contribution in [1.29, 1.82) is 0 Å². The molecular formula is C24H31ClN2O5. The standard InChI is InChI=1S/C24H31ClN2O5/c1-5-31-21-11-17(13-26-20(24(29)30)10-15(2)3)19(25)12-22(21)32-14-23(28)27-18-8-6-16(4)7-9-18/h6-9,11-12,15,20,26H,5,10,13-14H2,1-4H3,(H,27,28)(H,29,30). The molecule has 0 radical (unpaired) electrons. The van der Waals surface area contributed by atoms with Gasteiger partial charge in [-0.05, 0) is 49.9 Å². The van der Waals surface area contributed by atoms with Gasteiger partial charge in [-0.2, -0.15) is 0 Å². The van der Waals surface area contributed by atoms with E-state index in [0.29, 0.717) is 40.8 Å². The van der Waals surface area contributed by atoms with Crippen LogP contribution in [-0.4, -0.2) is 36.2 Å². The van der Waals surface area contributed by atoms with Crippen molar-refractivity contribution in [2.75, 3.05) is 18.5 Å². The summed E-state index contributed by atoms with van der Waals surface area (Å²) >= 11 is 6.41. The lowest BCUT2D eigenvalue weighted by molar-refractivity contribution is -0.140. The molecule has 3 N–H and O–H groups in total. The highest BCUT2D eigenvalue weighted by atomic mass is 35.5. The summed E-state index contributed by atoms with van der Waals surface area (Å²) in [5.41, 5.74) is 2.47. The zero-order chi connectivity index (χ0) is 23.7. The maximum Gasteiger partial charge on any atom is 0.320 e. The number of carboxylic acid groups (broad SMARTS) is 1. The minimum Gasteiger partial charge on any atom is -0.490 e. The number of nitrogens with one attached hydrogen (secondary N) is 2. The molecule has 7 nitrogen and oxygen atoms in total. The Morgan fingerprint density at radius 2 is 1.75 bits per heavy atom. The average molecular weight is 463 g/mol. The van der Waals surface area contributed by atoms with E-state index in [1.807, 2.05) is 52.0 Å². The first kappa shape index (κ1) is 25.5. The molecule has 2 aromatic carbocycles. The lowest BCUT2D eigenvalue weighted by Gasteiger charge is -2.18. The van der Waals surface area contributed by atoms with Gasteiger partial charge in [-0.1, -0.05) is 43.1 Å². The molecule has 0 aliphatic carbocycles. The summed E-state index contributed by atoms with van der Waals surface area (Å²) in [7, 11) is 0. The normalized spacial score (nSPS) is 11.8. The van der Waals surface area contributed by atoms with Crippen molar-refractivity contribution >= 4 is 29.2 Å². The van der Waals surface area contributed by atoms with Crippen LogP contribution in [0.1, 0.15) is 38.3 Å². The topological polar surface area (TPSA) is 96.9 Å². The fraction of sp³-hybridized carbons (Fsp3) is 0.417. The van der Waals surface area contributed by atoms with Crippen molar-refractivity contribution in [1.82, 2.24) is 5.32 Å². The number of carbonyl (C=O) groups is 2. The quantitative estimate of drug-likeness (QED) is 0.424. The number of benzene rings is 2. The van der Waals surface area contributed by atoms with Crippen molar-refractivity contribution in [3.05, 3.63) is 52.5 Å². The van der Waals surface area contributed by atoms with Crippen LogP contribution < -0.4 is 20.1 Å². The zero-order valence-electron chi connectivity index (χ0n) is 18.9. The Bertz CT molecular complexity index is 915. The first-order valence-electron chi connectivity index (χ1n) is 10.6. The first-order chi connectivity index (χ1) is 15.2. The van der Waals surface area contributed by atoms with Crippen LogP contribution in [0.5, 0.6) is 11.5 Å². The van der Waals surface area contributed by atoms with Crippen LogP contribution in [0, 0.1) is 12.8 Å². The van der Waals surface area contributed by atoms with E-state index >= 15 is 0 Å². The number of rotatable bonds is 12. The van der Waals surface area contributed by atoms with Crippen LogP contribution in [-0.2, 0) is 16.1 Å². The molecule has 0 aliphatic rings. The summed E-state index contributed by atoms with van der Waals surface area (Å²) in [6.07, 6.45) is 0.503. The molecule has 1 unspecified atom stereocenters. The third-order valence-electron chi connectivity index (χ3n) is 4.65. The maximum atomic E-state index is 12.2. The Hall–Kier alpha value is -2.77. The van der Waals surface area contributed by atoms with Gasteiger partial charge in [0.2, 0.25) is 0 Å². The van der Waals surface area contributed by atoms with Crippen molar-refractivity contribution in [3.63, 3.8) is 0 Å². The molecule has 32 heavy (non-hydrogen) atoms. The van der Waals surface area contributed by atoms with Crippen LogP contribution in [0.3, 0.4) is 0 Å². The monoisotopic (exact) mass is 462 g/mol. The number of ether oxygens (including phenoxy) is 2. The van der Waals surface area contributed by atoms with Crippen LogP contribution in [0.15, 0.2) is 36.4 Å². The van der Waals surface area contributed by atoms with E-state index in [4.69, 9.17) is 21.1 Å². The molecule has 1 atom stereocenters. The van der Waals surface area contributed by atoms with E-state index in [1.165, 1.54) is 0 Å². The fourth-order valence-electron chi connectivity index (χ4n) is 3.05. The number of aliphatic carboxylic acids is 1. The van der Waals surface area contributed by atoms with Gasteiger partial charge in [-0.25, -0.2) is 0 Å². The van der Waals surface area contributed by atoms with Crippen molar-refractivity contribution in [3.8, 4) is 11.5 Å². The fourth-order valence-corrected chi connectivity index (χ4v) is 3.27. The van der Waals surface area contributed by atoms with E-state index in [0.717, 1.165) is 5.56 Å². The summed E-state index contributed by atoms with van der Waals surface area (Å²) in [4.78, 5) is 23.7. The minimum atomic E-state index is -0.903. The van der Waals surface area contributed by atoms with Gasteiger partial charge in [-0.15, -0.1) is 0 Å². The Morgan fingerprint density at radius 1 is 1.09 bits per heavy atom. The second kappa shape index (κ2) is 12.3. The Morgan fingerprint density at radius 3 is 2.34 bits per heavy atom. The molecule has 0 aliphatic heterocycles. The van der Waals surface area contributed by atoms with Gasteiger partial charge < -0.3 is 25.2 Å². The molecule has 0 saturated carbocycles. The summed E-state index contributed by atoms with van der Waals surface area (Å²) in [6.45, 7) is 8.19. The Balaban J connectivity index is 2.06. The number of anilines is 1. The molecule has 0 bridgehead atoms. The molecule has 0 spiro atoms. The predicted molar refractivity (Wildman–Crippen MR) is 126 cm³/mol. The molecule has 1 amide bonds. The van der Waals surface area contributed by atoms with Crippen molar-refractivity contribution in [2.45, 2.75) is 46.7 Å². The average Bonchev–Trinajstić information content (AvgIpc) is 2.73. The van der Waals surface area contributed by atoms with E-state index in [1.54, 1.807) is 12.1 Å². The maximum absolute atomic E-state index is 12.2. The summed E-state index contributed by atoms with van der Waals surface area (Å²) < 4.78 is 11.3. The third kappa shape index (κ3) is 8.05. The van der Waals surface area contributed by atoms with Crippen molar-refractivity contribution < 1.29 is 24.2 Å². The predicted octanol–water partition coefficient (Wildman–Crippen LogP) is 4.65. The van der Waals surface area contributed by atoms with Gasteiger partial charge in [-0.3, -0.25) is 9.59 Å². The van der Waals surface area contributed by atoms with Crippen LogP contribution in [0.25, 0.3) is 0 Å². The van der Waals surface area contributed by atoms with Gasteiger partial charge >= 0.3 is 5.97 Å². The molecule has 0 fully saturated rings. The number of carboxylic acids is 1. The molecule has 0 saturated heterocycles. The molecule has 0 aromatic heterocycles. The molecule has 2 aromatic rings. The summed E-state index contributed by atoms with van der Waals surface area (Å²) in [5.74, 6) is -0.195. The number of hydrogen-bond donors (Lipinski definition) is 3. The molecule has 0 heterocycles. The highest BCUT2D eigenvalue weighted by Gasteiger charge is 2.20. The largest absolute Gasteiger partial charge is 0.490 e. The zero-order valence-corrected chi connectivity index (χ0v) is 19.7. The van der Waals surface area contributed by atoms with Crippen LogP contribution in [0.2, 0.25) is 5.02 Å². The highest BCUT2D eigenvalue weighted by molar-refractivity contribution is 6.31. The van der Waals surface area contributed by atoms with Crippen LogP contribution in [0.4, 0.5) is 5.69 Å². The number of hydrogen-bond acceptors (Lipinski definition) is 5. The SMILES string of the molecule is CCOc1cc(CNC(CC(C)C)C(=O)O)c(Cl)cc1OCC(=O)Nc1ccc(C)cc1. The van der Waals surface area contributed by atoms with E-state index in [9.17, 15) is 14.7 Å². The first-order valence-corrected chi connectivity index (χ1v) is 11.0. The molecular weight excluding hydrogens is 432 g/mol. The van der Waals surface area contributed by atoms with Gasteiger partial charge in [0.1, 0.15) is 6.04 Å². The summed E-state index contributed by atoms with van der Waals surface area (Å²) in [5, 5.41) is 15.6.